The largest absolute Gasteiger partial charge is 0.462 e. The fourth-order valence-corrected chi connectivity index (χ4v) is 1.14. The van der Waals surface area contributed by atoms with Crippen molar-refractivity contribution in [1.82, 2.24) is 0 Å². The molecule has 0 bridgehead atoms. The summed E-state index contributed by atoms with van der Waals surface area (Å²) in [5.41, 5.74) is -1.18. The van der Waals surface area contributed by atoms with Crippen LogP contribution in [0.3, 0.4) is 0 Å². The summed E-state index contributed by atoms with van der Waals surface area (Å²) in [4.78, 5) is 11.6. The van der Waals surface area contributed by atoms with Crippen LogP contribution in [0.15, 0.2) is 0 Å². The van der Waals surface area contributed by atoms with Crippen LogP contribution in [-0.4, -0.2) is 35.5 Å². The Kier molecular flexibility index (Phi) is 6.52. The second-order valence-electron chi connectivity index (χ2n) is 4.10. The van der Waals surface area contributed by atoms with Crippen molar-refractivity contribution in [3.8, 4) is 0 Å². The van der Waals surface area contributed by atoms with Crippen molar-refractivity contribution < 1.29 is 19.7 Å². The van der Waals surface area contributed by atoms with Gasteiger partial charge in [0.1, 0.15) is 11.5 Å². The number of carbonyl (C=O) groups excluding carboxylic acids is 1. The zero-order valence-electron chi connectivity index (χ0n) is 9.82. The molecule has 0 amide bonds. The number of ether oxygens (including phenoxy) is 1. The Labute approximate surface area is 91.3 Å². The Morgan fingerprint density at radius 1 is 1.33 bits per heavy atom. The van der Waals surface area contributed by atoms with E-state index in [2.05, 4.69) is 0 Å². The van der Waals surface area contributed by atoms with Gasteiger partial charge < -0.3 is 14.9 Å². The molecule has 0 saturated heterocycles. The van der Waals surface area contributed by atoms with E-state index in [9.17, 15) is 4.79 Å². The number of aliphatic hydroxyl groups is 2. The van der Waals surface area contributed by atoms with Gasteiger partial charge in [0, 0.05) is 0 Å². The van der Waals surface area contributed by atoms with Crippen LogP contribution >= 0.6 is 0 Å². The molecule has 0 saturated carbocycles. The van der Waals surface area contributed by atoms with Crippen LogP contribution in [-0.2, 0) is 9.53 Å². The van der Waals surface area contributed by atoms with Crippen LogP contribution in [0.5, 0.6) is 0 Å². The average Bonchev–Trinajstić information content (AvgIpc) is 2.27. The first-order valence-electron chi connectivity index (χ1n) is 5.46. The summed E-state index contributed by atoms with van der Waals surface area (Å²) < 4.78 is 5.23. The highest BCUT2D eigenvalue weighted by Gasteiger charge is 2.34. The third-order valence-electron chi connectivity index (χ3n) is 2.53. The van der Waals surface area contributed by atoms with Gasteiger partial charge in [-0.1, -0.05) is 20.3 Å². The van der Waals surface area contributed by atoms with Gasteiger partial charge in [-0.15, -0.1) is 0 Å². The third-order valence-corrected chi connectivity index (χ3v) is 2.53. The van der Waals surface area contributed by atoms with Gasteiger partial charge in [0.05, 0.1) is 13.2 Å². The monoisotopic (exact) mass is 218 g/mol. The smallest absolute Gasteiger partial charge is 0.316 e. The highest BCUT2D eigenvalue weighted by molar-refractivity contribution is 5.76. The minimum atomic E-state index is -1.18. The molecule has 0 spiro atoms. The van der Waals surface area contributed by atoms with E-state index in [0.29, 0.717) is 0 Å². The molecule has 2 N–H and O–H groups in total. The maximum absolute atomic E-state index is 11.6. The molecule has 0 aromatic rings. The van der Waals surface area contributed by atoms with Crippen LogP contribution in [0.25, 0.3) is 0 Å². The van der Waals surface area contributed by atoms with Crippen molar-refractivity contribution in [1.29, 1.82) is 0 Å². The van der Waals surface area contributed by atoms with Gasteiger partial charge in [-0.25, -0.2) is 0 Å². The van der Waals surface area contributed by atoms with E-state index < -0.39 is 24.6 Å². The van der Waals surface area contributed by atoms with E-state index in [-0.39, 0.29) is 6.10 Å². The molecule has 0 aromatic heterocycles. The maximum Gasteiger partial charge on any atom is 0.316 e. The molecule has 1 unspecified atom stereocenters. The third kappa shape index (κ3) is 4.18. The molecule has 0 heterocycles. The molecule has 0 rings (SSSR count). The number of aliphatic hydroxyl groups excluding tert-OH is 2. The lowest BCUT2D eigenvalue weighted by molar-refractivity contribution is -0.166. The summed E-state index contributed by atoms with van der Waals surface area (Å²) in [6.07, 6.45) is 2.41. The Hall–Kier alpha value is -0.610. The molecule has 4 nitrogen and oxygen atoms in total. The van der Waals surface area contributed by atoms with Gasteiger partial charge in [-0.2, -0.15) is 0 Å². The van der Waals surface area contributed by atoms with E-state index in [4.69, 9.17) is 14.9 Å². The summed E-state index contributed by atoms with van der Waals surface area (Å²) in [6.45, 7) is 4.67. The van der Waals surface area contributed by atoms with Crippen molar-refractivity contribution in [2.45, 2.75) is 46.1 Å². The summed E-state index contributed by atoms with van der Waals surface area (Å²) in [6, 6.07) is 0. The Morgan fingerprint density at radius 2 is 1.87 bits per heavy atom. The van der Waals surface area contributed by atoms with Gasteiger partial charge in [0.25, 0.3) is 0 Å². The molecule has 0 aromatic carbocycles. The van der Waals surface area contributed by atoms with Gasteiger partial charge in [0.2, 0.25) is 0 Å². The molecule has 4 heteroatoms. The van der Waals surface area contributed by atoms with Crippen LogP contribution in [0.2, 0.25) is 0 Å². The first-order chi connectivity index (χ1) is 7.03. The van der Waals surface area contributed by atoms with Crippen LogP contribution < -0.4 is 0 Å². The number of hydrogen-bond donors (Lipinski definition) is 2. The second-order valence-corrected chi connectivity index (χ2v) is 4.10. The van der Waals surface area contributed by atoms with Crippen molar-refractivity contribution in [2.75, 3.05) is 13.2 Å². The molecule has 15 heavy (non-hydrogen) atoms. The summed E-state index contributed by atoms with van der Waals surface area (Å²) in [7, 11) is 0. The summed E-state index contributed by atoms with van der Waals surface area (Å²) in [5, 5.41) is 18.0. The Balaban J connectivity index is 4.31. The molecular weight excluding hydrogens is 196 g/mol. The van der Waals surface area contributed by atoms with E-state index >= 15 is 0 Å². The topological polar surface area (TPSA) is 66.8 Å². The highest BCUT2D eigenvalue weighted by Crippen LogP contribution is 2.19. The SMILES string of the molecule is CCCC(CC)OC(=O)C(C)(CO)CO. The number of carbonyl (C=O) groups is 1. The minimum absolute atomic E-state index is 0.111. The molecule has 0 fully saturated rings. The van der Waals surface area contributed by atoms with Crippen molar-refractivity contribution in [2.24, 2.45) is 5.41 Å². The number of rotatable bonds is 7. The van der Waals surface area contributed by atoms with E-state index in [1.807, 2.05) is 13.8 Å². The zero-order valence-corrected chi connectivity index (χ0v) is 9.82. The lowest BCUT2D eigenvalue weighted by Crippen LogP contribution is -2.39. The zero-order chi connectivity index (χ0) is 11.9. The first kappa shape index (κ1) is 14.4. The highest BCUT2D eigenvalue weighted by atomic mass is 16.5. The summed E-state index contributed by atoms with van der Waals surface area (Å²) in [5.74, 6) is -0.521. The van der Waals surface area contributed by atoms with Crippen molar-refractivity contribution in [3.05, 3.63) is 0 Å². The standard InChI is InChI=1S/C11H22O4/c1-4-6-9(5-2)15-10(14)11(3,7-12)8-13/h9,12-13H,4-8H2,1-3H3. The first-order valence-corrected chi connectivity index (χ1v) is 5.46. The number of esters is 1. The number of hydrogen-bond acceptors (Lipinski definition) is 4. The molecule has 0 radical (unpaired) electrons. The summed E-state index contributed by atoms with van der Waals surface area (Å²) >= 11 is 0. The fraction of sp³-hybridized carbons (Fsp3) is 0.909. The molecule has 0 aliphatic rings. The van der Waals surface area contributed by atoms with E-state index in [0.717, 1.165) is 19.3 Å². The second kappa shape index (κ2) is 6.80. The van der Waals surface area contributed by atoms with Crippen molar-refractivity contribution in [3.63, 3.8) is 0 Å². The predicted molar refractivity (Wildman–Crippen MR) is 57.4 cm³/mol. The molecule has 0 aliphatic heterocycles. The molecule has 1 atom stereocenters. The van der Waals surface area contributed by atoms with Crippen molar-refractivity contribution >= 4 is 5.97 Å². The average molecular weight is 218 g/mol. The lowest BCUT2D eigenvalue weighted by atomic mass is 9.93. The van der Waals surface area contributed by atoms with E-state index in [1.54, 1.807) is 0 Å². The quantitative estimate of drug-likeness (QED) is 0.628. The van der Waals surface area contributed by atoms with Crippen LogP contribution in [0, 0.1) is 5.41 Å². The maximum atomic E-state index is 11.6. The fourth-order valence-electron chi connectivity index (χ4n) is 1.14. The molecule has 90 valence electrons. The predicted octanol–water partition coefficient (Wildman–Crippen LogP) is 1.10. The van der Waals surface area contributed by atoms with Crippen LogP contribution in [0.4, 0.5) is 0 Å². The van der Waals surface area contributed by atoms with Gasteiger partial charge >= 0.3 is 5.97 Å². The van der Waals surface area contributed by atoms with Gasteiger partial charge in [0.15, 0.2) is 0 Å². The Bertz CT molecular complexity index is 187. The molecule has 0 aliphatic carbocycles. The van der Waals surface area contributed by atoms with Crippen LogP contribution in [0.1, 0.15) is 40.0 Å². The van der Waals surface area contributed by atoms with E-state index in [1.165, 1.54) is 6.92 Å². The van der Waals surface area contributed by atoms with Gasteiger partial charge in [-0.05, 0) is 19.8 Å². The normalized spacial score (nSPS) is 13.7. The van der Waals surface area contributed by atoms with Gasteiger partial charge in [-0.3, -0.25) is 4.79 Å². The molecular formula is C11H22O4. The lowest BCUT2D eigenvalue weighted by Gasteiger charge is -2.25. The minimum Gasteiger partial charge on any atom is -0.462 e. The Morgan fingerprint density at radius 3 is 2.20 bits per heavy atom.